The van der Waals surface area contributed by atoms with Crippen LogP contribution in [0.2, 0.25) is 0 Å². The van der Waals surface area contributed by atoms with E-state index in [2.05, 4.69) is 42.0 Å². The van der Waals surface area contributed by atoms with Gasteiger partial charge in [-0.3, -0.25) is 0 Å². The van der Waals surface area contributed by atoms with Gasteiger partial charge in [-0.05, 0) is 19.4 Å². The summed E-state index contributed by atoms with van der Waals surface area (Å²) in [6.07, 6.45) is 1.60. The van der Waals surface area contributed by atoms with Gasteiger partial charge in [0.05, 0.1) is 19.1 Å². The second kappa shape index (κ2) is 4.67. The molecule has 0 aliphatic carbocycles. The number of nitrogens with one attached hydrogen (secondary N) is 1. The molecule has 4 heteroatoms. The average molecular weight is 246 g/mol. The van der Waals surface area contributed by atoms with Gasteiger partial charge in [0, 0.05) is 5.56 Å². The van der Waals surface area contributed by atoms with Crippen LogP contribution in [0.25, 0.3) is 11.3 Å². The molecule has 0 saturated carbocycles. The van der Waals surface area contributed by atoms with Crippen molar-refractivity contribution in [1.82, 2.24) is 9.97 Å². The normalized spacial score (nSPS) is 10.3. The first kappa shape index (κ1) is 11.8. The molecule has 0 aliphatic rings. The van der Waals surface area contributed by atoms with Gasteiger partial charge in [-0.25, -0.2) is 4.98 Å². The minimum absolute atomic E-state index is 0.473. The van der Waals surface area contributed by atoms with Crippen LogP contribution in [0.3, 0.4) is 0 Å². The van der Waals surface area contributed by atoms with Crippen LogP contribution in [0.4, 0.5) is 0 Å². The van der Waals surface area contributed by atoms with E-state index in [-0.39, 0.29) is 0 Å². The van der Waals surface area contributed by atoms with Crippen LogP contribution in [0.1, 0.15) is 11.1 Å². The van der Waals surface area contributed by atoms with Crippen LogP contribution < -0.4 is 4.74 Å². The zero-order valence-electron chi connectivity index (χ0n) is 10.1. The predicted molar refractivity (Wildman–Crippen MR) is 70.9 cm³/mol. The number of aromatic amines is 1. The van der Waals surface area contributed by atoms with Crippen LogP contribution in [-0.4, -0.2) is 17.1 Å². The monoisotopic (exact) mass is 246 g/mol. The standard InChI is InChI=1S/C13H14N2OS/c1-8-4-5-10(9(2)6-8)11-12(16-3)13(17)15-7-14-11/h4-7H,1-3H3,(H,14,15,17). The number of hydrogen-bond donors (Lipinski definition) is 1. The maximum Gasteiger partial charge on any atom is 0.179 e. The molecular formula is C13H14N2OS. The van der Waals surface area contributed by atoms with Crippen molar-refractivity contribution in [1.29, 1.82) is 0 Å². The van der Waals surface area contributed by atoms with Gasteiger partial charge in [0.15, 0.2) is 10.4 Å². The Balaban J connectivity index is 2.68. The molecule has 0 radical (unpaired) electrons. The largest absolute Gasteiger partial charge is 0.491 e. The first-order valence-corrected chi connectivity index (χ1v) is 5.73. The summed E-state index contributed by atoms with van der Waals surface area (Å²) in [5.41, 5.74) is 4.38. The maximum atomic E-state index is 5.32. The summed E-state index contributed by atoms with van der Waals surface area (Å²) >= 11 is 5.15. The highest BCUT2D eigenvalue weighted by atomic mass is 32.1. The third-order valence-electron chi connectivity index (χ3n) is 2.67. The first-order chi connectivity index (χ1) is 8.13. The number of ether oxygens (including phenoxy) is 1. The molecule has 0 unspecified atom stereocenters. The van der Waals surface area contributed by atoms with Gasteiger partial charge in [0.1, 0.15) is 0 Å². The van der Waals surface area contributed by atoms with E-state index >= 15 is 0 Å². The fourth-order valence-electron chi connectivity index (χ4n) is 1.87. The summed E-state index contributed by atoms with van der Waals surface area (Å²) in [5.74, 6) is 0.620. The molecule has 1 aromatic carbocycles. The van der Waals surface area contributed by atoms with Gasteiger partial charge in [0.2, 0.25) is 0 Å². The highest BCUT2D eigenvalue weighted by Crippen LogP contribution is 2.30. The van der Waals surface area contributed by atoms with E-state index in [1.165, 1.54) is 11.1 Å². The molecule has 0 atom stereocenters. The topological polar surface area (TPSA) is 37.9 Å². The SMILES string of the molecule is COc1c(-c2ccc(C)cc2C)[nH]cnc1=S. The number of nitrogens with zero attached hydrogens (tertiary/aromatic N) is 1. The summed E-state index contributed by atoms with van der Waals surface area (Å²) < 4.78 is 5.79. The lowest BCUT2D eigenvalue weighted by Crippen LogP contribution is -1.95. The molecule has 17 heavy (non-hydrogen) atoms. The van der Waals surface area contributed by atoms with Gasteiger partial charge < -0.3 is 9.72 Å². The fraction of sp³-hybridized carbons (Fsp3) is 0.231. The number of H-pyrrole nitrogens is 1. The Morgan fingerprint density at radius 3 is 2.71 bits per heavy atom. The predicted octanol–water partition coefficient (Wildman–Crippen LogP) is 3.43. The Morgan fingerprint density at radius 1 is 1.29 bits per heavy atom. The van der Waals surface area contributed by atoms with E-state index in [0.717, 1.165) is 11.3 Å². The number of aryl methyl sites for hydroxylation is 2. The van der Waals surface area contributed by atoms with Crippen LogP contribution in [0, 0.1) is 18.5 Å². The smallest absolute Gasteiger partial charge is 0.179 e. The molecule has 0 aliphatic heterocycles. The van der Waals surface area contributed by atoms with Gasteiger partial charge >= 0.3 is 0 Å². The van der Waals surface area contributed by atoms with E-state index in [1.54, 1.807) is 13.4 Å². The van der Waals surface area contributed by atoms with E-state index < -0.39 is 0 Å². The number of benzene rings is 1. The van der Waals surface area contributed by atoms with E-state index in [4.69, 9.17) is 17.0 Å². The Hall–Kier alpha value is -1.68. The minimum Gasteiger partial charge on any atom is -0.491 e. The molecule has 88 valence electrons. The van der Waals surface area contributed by atoms with Crippen molar-refractivity contribution < 1.29 is 4.74 Å². The van der Waals surface area contributed by atoms with Crippen molar-refractivity contribution in [3.63, 3.8) is 0 Å². The summed E-state index contributed by atoms with van der Waals surface area (Å²) in [4.78, 5) is 7.12. The van der Waals surface area contributed by atoms with Crippen molar-refractivity contribution in [2.45, 2.75) is 13.8 Å². The molecule has 0 saturated heterocycles. The molecule has 3 nitrogen and oxygen atoms in total. The van der Waals surface area contributed by atoms with Crippen molar-refractivity contribution in [2.24, 2.45) is 0 Å². The maximum absolute atomic E-state index is 5.32. The molecule has 1 aromatic heterocycles. The zero-order chi connectivity index (χ0) is 12.4. The number of aromatic nitrogens is 2. The van der Waals surface area contributed by atoms with E-state index in [0.29, 0.717) is 10.4 Å². The summed E-state index contributed by atoms with van der Waals surface area (Å²) in [7, 11) is 1.60. The molecule has 1 heterocycles. The van der Waals surface area contributed by atoms with Crippen molar-refractivity contribution in [3.05, 3.63) is 40.3 Å². The van der Waals surface area contributed by atoms with Crippen LogP contribution in [-0.2, 0) is 0 Å². The van der Waals surface area contributed by atoms with Crippen molar-refractivity contribution >= 4 is 12.2 Å². The Morgan fingerprint density at radius 2 is 2.06 bits per heavy atom. The van der Waals surface area contributed by atoms with Crippen LogP contribution in [0.15, 0.2) is 24.5 Å². The molecule has 0 spiro atoms. The van der Waals surface area contributed by atoms with Crippen LogP contribution in [0.5, 0.6) is 5.75 Å². The molecule has 0 amide bonds. The minimum atomic E-state index is 0.473. The van der Waals surface area contributed by atoms with Gasteiger partial charge in [-0.15, -0.1) is 0 Å². The third kappa shape index (κ3) is 2.22. The second-order valence-corrected chi connectivity index (χ2v) is 4.32. The summed E-state index contributed by atoms with van der Waals surface area (Å²) in [5, 5.41) is 0. The molecule has 2 rings (SSSR count). The first-order valence-electron chi connectivity index (χ1n) is 5.33. The molecule has 2 aromatic rings. The molecular weight excluding hydrogens is 232 g/mol. The van der Waals surface area contributed by atoms with Crippen LogP contribution >= 0.6 is 12.2 Å². The van der Waals surface area contributed by atoms with Crippen molar-refractivity contribution in [3.8, 4) is 17.0 Å². The fourth-order valence-corrected chi connectivity index (χ4v) is 2.11. The van der Waals surface area contributed by atoms with Gasteiger partial charge in [-0.2, -0.15) is 0 Å². The lowest BCUT2D eigenvalue weighted by atomic mass is 10.0. The van der Waals surface area contributed by atoms with Gasteiger partial charge in [-0.1, -0.05) is 36.0 Å². The molecule has 0 fully saturated rings. The number of methoxy groups -OCH3 is 1. The Bertz CT molecular complexity index is 605. The third-order valence-corrected chi connectivity index (χ3v) is 2.96. The van der Waals surface area contributed by atoms with E-state index in [1.807, 2.05) is 0 Å². The average Bonchev–Trinajstić information content (AvgIpc) is 2.29. The summed E-state index contributed by atoms with van der Waals surface area (Å²) in [6, 6.07) is 6.26. The molecule has 0 bridgehead atoms. The van der Waals surface area contributed by atoms with E-state index in [9.17, 15) is 0 Å². The van der Waals surface area contributed by atoms with Gasteiger partial charge in [0.25, 0.3) is 0 Å². The quantitative estimate of drug-likeness (QED) is 0.825. The highest BCUT2D eigenvalue weighted by molar-refractivity contribution is 7.71. The zero-order valence-corrected chi connectivity index (χ0v) is 10.9. The number of hydrogen-bond acceptors (Lipinski definition) is 3. The van der Waals surface area contributed by atoms with Crippen molar-refractivity contribution in [2.75, 3.05) is 7.11 Å². The summed E-state index contributed by atoms with van der Waals surface area (Å²) in [6.45, 7) is 4.14. The lowest BCUT2D eigenvalue weighted by molar-refractivity contribution is 0.410. The number of rotatable bonds is 2. The lowest BCUT2D eigenvalue weighted by Gasteiger charge is -2.11. The molecule has 1 N–H and O–H groups in total. The highest BCUT2D eigenvalue weighted by Gasteiger charge is 2.10. The second-order valence-electron chi connectivity index (χ2n) is 3.93. The Labute approximate surface area is 105 Å². The Kier molecular flexibility index (Phi) is 3.24.